The summed E-state index contributed by atoms with van der Waals surface area (Å²) < 4.78 is 0. The number of pyridine rings is 1. The lowest BCUT2D eigenvalue weighted by molar-refractivity contribution is 0.774. The van der Waals surface area contributed by atoms with Gasteiger partial charge in [0, 0.05) is 30.0 Å². The highest BCUT2D eigenvalue weighted by Crippen LogP contribution is 2.27. The minimum Gasteiger partial charge on any atom is -0.326 e. The second-order valence-electron chi connectivity index (χ2n) is 4.98. The Bertz CT molecular complexity index is 537. The first kappa shape index (κ1) is 14.5. The zero-order valence-electron chi connectivity index (χ0n) is 12.3. The van der Waals surface area contributed by atoms with Crippen molar-refractivity contribution in [3.63, 3.8) is 0 Å². The van der Waals surface area contributed by atoms with Crippen molar-refractivity contribution in [1.82, 2.24) is 4.98 Å². The number of unbranched alkanes of at least 4 members (excludes halogenated alkanes) is 1. The Morgan fingerprint density at radius 3 is 2.50 bits per heavy atom. The molecule has 0 radical (unpaired) electrons. The smallest absolute Gasteiger partial charge is 0.137 e. The highest BCUT2D eigenvalue weighted by molar-refractivity contribution is 5.63. The first-order valence-electron chi connectivity index (χ1n) is 7.25. The van der Waals surface area contributed by atoms with Crippen LogP contribution in [0.3, 0.4) is 0 Å². The fraction of sp³-hybridized carbons (Fsp3) is 0.353. The summed E-state index contributed by atoms with van der Waals surface area (Å²) in [6, 6.07) is 14.5. The topological polar surface area (TPSA) is 42.2 Å². The van der Waals surface area contributed by atoms with Gasteiger partial charge in [-0.2, -0.15) is 0 Å². The van der Waals surface area contributed by atoms with Crippen LogP contribution in [-0.2, 0) is 6.54 Å². The van der Waals surface area contributed by atoms with Crippen LogP contribution in [0.4, 0.5) is 11.5 Å². The van der Waals surface area contributed by atoms with Gasteiger partial charge in [0.25, 0.3) is 0 Å². The second-order valence-corrected chi connectivity index (χ2v) is 4.98. The molecule has 0 saturated carbocycles. The minimum absolute atomic E-state index is 0.512. The van der Waals surface area contributed by atoms with Gasteiger partial charge < -0.3 is 10.6 Å². The standard InChI is InChI=1S/C17H23N3/c1-3-4-12-20(16-8-6-5-7-9-16)17-15(13-18)11-10-14(2)19-17/h5-11H,3-4,12-13,18H2,1-2H3. The van der Waals surface area contributed by atoms with E-state index in [0.29, 0.717) is 6.54 Å². The summed E-state index contributed by atoms with van der Waals surface area (Å²) in [6.45, 7) is 5.70. The fourth-order valence-electron chi connectivity index (χ4n) is 2.25. The van der Waals surface area contributed by atoms with E-state index in [4.69, 9.17) is 10.7 Å². The van der Waals surface area contributed by atoms with E-state index in [1.54, 1.807) is 0 Å². The highest BCUT2D eigenvalue weighted by Gasteiger charge is 2.14. The van der Waals surface area contributed by atoms with Gasteiger partial charge in [-0.3, -0.25) is 0 Å². The third-order valence-corrected chi connectivity index (χ3v) is 3.37. The molecule has 0 saturated heterocycles. The van der Waals surface area contributed by atoms with E-state index < -0.39 is 0 Å². The van der Waals surface area contributed by atoms with Gasteiger partial charge in [-0.1, -0.05) is 37.6 Å². The number of hydrogen-bond donors (Lipinski definition) is 1. The molecule has 1 aromatic heterocycles. The number of para-hydroxylation sites is 1. The zero-order chi connectivity index (χ0) is 14.4. The number of rotatable bonds is 6. The molecule has 0 bridgehead atoms. The van der Waals surface area contributed by atoms with Crippen LogP contribution >= 0.6 is 0 Å². The first-order chi connectivity index (χ1) is 9.76. The van der Waals surface area contributed by atoms with Crippen LogP contribution in [0.2, 0.25) is 0 Å². The molecule has 0 atom stereocenters. The lowest BCUT2D eigenvalue weighted by atomic mass is 10.2. The van der Waals surface area contributed by atoms with E-state index in [1.165, 1.54) is 5.69 Å². The number of nitrogens with zero attached hydrogens (tertiary/aromatic N) is 2. The quantitative estimate of drug-likeness (QED) is 0.867. The SMILES string of the molecule is CCCCN(c1ccccc1)c1nc(C)ccc1CN. The predicted molar refractivity (Wildman–Crippen MR) is 85.2 cm³/mol. The molecule has 1 aromatic carbocycles. The number of aromatic nitrogens is 1. The minimum atomic E-state index is 0.512. The first-order valence-corrected chi connectivity index (χ1v) is 7.25. The molecule has 0 unspecified atom stereocenters. The number of anilines is 2. The van der Waals surface area contributed by atoms with Crippen LogP contribution in [-0.4, -0.2) is 11.5 Å². The molecule has 0 spiro atoms. The molecule has 20 heavy (non-hydrogen) atoms. The Kier molecular flexibility index (Phi) is 5.13. The Hall–Kier alpha value is -1.87. The van der Waals surface area contributed by atoms with E-state index in [0.717, 1.165) is 36.5 Å². The van der Waals surface area contributed by atoms with Crippen LogP contribution < -0.4 is 10.6 Å². The largest absolute Gasteiger partial charge is 0.326 e. The summed E-state index contributed by atoms with van der Waals surface area (Å²) >= 11 is 0. The van der Waals surface area contributed by atoms with Crippen molar-refractivity contribution in [2.75, 3.05) is 11.4 Å². The van der Waals surface area contributed by atoms with Crippen molar-refractivity contribution in [3.8, 4) is 0 Å². The van der Waals surface area contributed by atoms with Crippen molar-refractivity contribution >= 4 is 11.5 Å². The third-order valence-electron chi connectivity index (χ3n) is 3.37. The van der Waals surface area contributed by atoms with Gasteiger partial charge in [0.15, 0.2) is 0 Å². The molecule has 2 aromatic rings. The summed E-state index contributed by atoms with van der Waals surface area (Å²) in [7, 11) is 0. The maximum atomic E-state index is 5.88. The van der Waals surface area contributed by atoms with Crippen molar-refractivity contribution in [2.24, 2.45) is 5.73 Å². The molecule has 2 rings (SSSR count). The maximum Gasteiger partial charge on any atom is 0.137 e. The van der Waals surface area contributed by atoms with Crippen LogP contribution in [0.15, 0.2) is 42.5 Å². The van der Waals surface area contributed by atoms with Crippen LogP contribution in [0.5, 0.6) is 0 Å². The molecular formula is C17H23N3. The average Bonchev–Trinajstić information content (AvgIpc) is 2.49. The predicted octanol–water partition coefficient (Wildman–Crippen LogP) is 3.79. The molecule has 0 aliphatic heterocycles. The van der Waals surface area contributed by atoms with Crippen LogP contribution in [0, 0.1) is 6.92 Å². The Morgan fingerprint density at radius 2 is 1.85 bits per heavy atom. The fourth-order valence-corrected chi connectivity index (χ4v) is 2.25. The summed E-state index contributed by atoms with van der Waals surface area (Å²) in [5, 5.41) is 0. The number of hydrogen-bond acceptors (Lipinski definition) is 3. The van der Waals surface area contributed by atoms with Crippen LogP contribution in [0.1, 0.15) is 31.0 Å². The number of benzene rings is 1. The summed E-state index contributed by atoms with van der Waals surface area (Å²) in [5.41, 5.74) is 9.17. The second kappa shape index (κ2) is 7.06. The number of nitrogens with two attached hydrogens (primary N) is 1. The van der Waals surface area contributed by atoms with Crippen molar-refractivity contribution in [2.45, 2.75) is 33.2 Å². The molecular weight excluding hydrogens is 246 g/mol. The van der Waals surface area contributed by atoms with E-state index in [-0.39, 0.29) is 0 Å². The molecule has 3 nitrogen and oxygen atoms in total. The van der Waals surface area contributed by atoms with Gasteiger partial charge in [0.1, 0.15) is 5.82 Å². The van der Waals surface area contributed by atoms with Crippen LogP contribution in [0.25, 0.3) is 0 Å². The zero-order valence-corrected chi connectivity index (χ0v) is 12.3. The lowest BCUT2D eigenvalue weighted by Crippen LogP contribution is -2.22. The van der Waals surface area contributed by atoms with E-state index in [1.807, 2.05) is 19.1 Å². The van der Waals surface area contributed by atoms with Crippen molar-refractivity contribution in [3.05, 3.63) is 53.7 Å². The molecule has 106 valence electrons. The number of aryl methyl sites for hydroxylation is 1. The monoisotopic (exact) mass is 269 g/mol. The van der Waals surface area contributed by atoms with Crippen molar-refractivity contribution in [1.29, 1.82) is 0 Å². The molecule has 1 heterocycles. The van der Waals surface area contributed by atoms with E-state index in [2.05, 4.69) is 42.2 Å². The maximum absolute atomic E-state index is 5.88. The Labute approximate surface area is 121 Å². The normalized spacial score (nSPS) is 10.6. The van der Waals surface area contributed by atoms with Crippen molar-refractivity contribution < 1.29 is 0 Å². The summed E-state index contributed by atoms with van der Waals surface area (Å²) in [5.74, 6) is 0.993. The highest BCUT2D eigenvalue weighted by atomic mass is 15.2. The molecule has 2 N–H and O–H groups in total. The lowest BCUT2D eigenvalue weighted by Gasteiger charge is -2.26. The Morgan fingerprint density at radius 1 is 1.10 bits per heavy atom. The molecule has 0 aliphatic carbocycles. The summed E-state index contributed by atoms with van der Waals surface area (Å²) in [4.78, 5) is 7.00. The Balaban J connectivity index is 2.43. The molecule has 0 aliphatic rings. The van der Waals surface area contributed by atoms with Gasteiger partial charge in [0.05, 0.1) is 0 Å². The van der Waals surface area contributed by atoms with Gasteiger partial charge in [-0.25, -0.2) is 4.98 Å². The van der Waals surface area contributed by atoms with Gasteiger partial charge in [-0.05, 0) is 31.5 Å². The summed E-state index contributed by atoms with van der Waals surface area (Å²) in [6.07, 6.45) is 2.29. The average molecular weight is 269 g/mol. The van der Waals surface area contributed by atoms with E-state index in [9.17, 15) is 0 Å². The third kappa shape index (κ3) is 3.36. The van der Waals surface area contributed by atoms with Gasteiger partial charge in [-0.15, -0.1) is 0 Å². The van der Waals surface area contributed by atoms with Gasteiger partial charge in [0.2, 0.25) is 0 Å². The molecule has 0 amide bonds. The van der Waals surface area contributed by atoms with Gasteiger partial charge >= 0.3 is 0 Å². The molecule has 0 fully saturated rings. The molecule has 3 heteroatoms. The van der Waals surface area contributed by atoms with E-state index >= 15 is 0 Å².